The van der Waals surface area contributed by atoms with Crippen LogP contribution in [0.25, 0.3) is 0 Å². The third-order valence-corrected chi connectivity index (χ3v) is 4.03. The summed E-state index contributed by atoms with van der Waals surface area (Å²) >= 11 is 0. The van der Waals surface area contributed by atoms with Gasteiger partial charge in [-0.25, -0.2) is 10.8 Å². The highest BCUT2D eigenvalue weighted by Crippen LogP contribution is 2.27. The van der Waals surface area contributed by atoms with Crippen LogP contribution in [0.15, 0.2) is 12.1 Å². The standard InChI is InChI=1S/C16H26N4O/c1-10-6-11(2)20(9-10)15(21)12-7-13(16(3,4)5)18-14(8-12)19-17/h7-8,10-11H,6,9,17H2,1-5H3,(H,18,19). The van der Waals surface area contributed by atoms with E-state index in [0.29, 0.717) is 17.3 Å². The van der Waals surface area contributed by atoms with Crippen molar-refractivity contribution in [2.24, 2.45) is 11.8 Å². The Morgan fingerprint density at radius 1 is 1.38 bits per heavy atom. The van der Waals surface area contributed by atoms with Crippen molar-refractivity contribution >= 4 is 11.7 Å². The number of hydrogen-bond acceptors (Lipinski definition) is 4. The van der Waals surface area contributed by atoms with E-state index in [1.807, 2.05) is 11.0 Å². The first kappa shape index (κ1) is 15.8. The fourth-order valence-corrected chi connectivity index (χ4v) is 2.86. The average Bonchev–Trinajstić information content (AvgIpc) is 2.75. The summed E-state index contributed by atoms with van der Waals surface area (Å²) in [6.45, 7) is 11.3. The van der Waals surface area contributed by atoms with Crippen LogP contribution in [-0.4, -0.2) is 28.4 Å². The Labute approximate surface area is 126 Å². The molecular weight excluding hydrogens is 264 g/mol. The van der Waals surface area contributed by atoms with Crippen molar-refractivity contribution in [2.75, 3.05) is 12.0 Å². The van der Waals surface area contributed by atoms with E-state index in [1.54, 1.807) is 6.07 Å². The molecule has 2 atom stereocenters. The van der Waals surface area contributed by atoms with Gasteiger partial charge in [-0.2, -0.15) is 0 Å². The summed E-state index contributed by atoms with van der Waals surface area (Å²) in [6, 6.07) is 3.90. The normalized spacial score (nSPS) is 22.5. The maximum atomic E-state index is 12.8. The molecule has 2 rings (SSSR count). The molecule has 1 amide bonds. The lowest BCUT2D eigenvalue weighted by Gasteiger charge is -2.24. The number of rotatable bonds is 2. The SMILES string of the molecule is CC1CC(C)N(C(=O)c2cc(NN)nc(C(C)(C)C)c2)C1. The first-order valence-electron chi connectivity index (χ1n) is 7.52. The molecular formula is C16H26N4O. The number of pyridine rings is 1. The minimum atomic E-state index is -0.133. The van der Waals surface area contributed by atoms with Crippen molar-refractivity contribution in [2.45, 2.75) is 52.5 Å². The number of amides is 1. The summed E-state index contributed by atoms with van der Waals surface area (Å²) in [5, 5.41) is 0. The number of likely N-dealkylation sites (tertiary alicyclic amines) is 1. The highest BCUT2D eigenvalue weighted by molar-refractivity contribution is 5.95. The Hall–Kier alpha value is -1.62. The molecule has 0 spiro atoms. The Kier molecular flexibility index (Phi) is 4.23. The number of hydrazine groups is 1. The van der Waals surface area contributed by atoms with E-state index in [0.717, 1.165) is 18.7 Å². The van der Waals surface area contributed by atoms with Crippen LogP contribution in [0.1, 0.15) is 57.1 Å². The highest BCUT2D eigenvalue weighted by atomic mass is 16.2. The first-order valence-corrected chi connectivity index (χ1v) is 7.52. The molecule has 5 heteroatoms. The predicted octanol–water partition coefficient (Wildman–Crippen LogP) is 2.54. The van der Waals surface area contributed by atoms with E-state index in [4.69, 9.17) is 5.84 Å². The minimum absolute atomic E-state index is 0.0660. The molecule has 1 fully saturated rings. The monoisotopic (exact) mass is 290 g/mol. The summed E-state index contributed by atoms with van der Waals surface area (Å²) < 4.78 is 0. The minimum Gasteiger partial charge on any atom is -0.336 e. The molecule has 1 aromatic heterocycles. The van der Waals surface area contributed by atoms with Gasteiger partial charge in [0.15, 0.2) is 0 Å². The maximum Gasteiger partial charge on any atom is 0.254 e. The third kappa shape index (κ3) is 3.35. The van der Waals surface area contributed by atoms with E-state index < -0.39 is 0 Å². The van der Waals surface area contributed by atoms with Crippen molar-refractivity contribution in [3.63, 3.8) is 0 Å². The first-order chi connectivity index (χ1) is 9.72. The zero-order valence-corrected chi connectivity index (χ0v) is 13.6. The largest absolute Gasteiger partial charge is 0.336 e. The molecule has 1 aromatic rings. The highest BCUT2D eigenvalue weighted by Gasteiger charge is 2.31. The van der Waals surface area contributed by atoms with Crippen molar-refractivity contribution < 1.29 is 4.79 Å². The number of anilines is 1. The topological polar surface area (TPSA) is 71.2 Å². The number of carbonyl (C=O) groups is 1. The van der Waals surface area contributed by atoms with Gasteiger partial charge in [0.25, 0.3) is 5.91 Å². The third-order valence-electron chi connectivity index (χ3n) is 4.03. The fourth-order valence-electron chi connectivity index (χ4n) is 2.86. The molecule has 2 unspecified atom stereocenters. The van der Waals surface area contributed by atoms with Crippen LogP contribution in [0.3, 0.4) is 0 Å². The average molecular weight is 290 g/mol. The van der Waals surface area contributed by atoms with Gasteiger partial charge in [0.2, 0.25) is 0 Å². The molecule has 0 aliphatic carbocycles. The Bertz CT molecular complexity index is 536. The Morgan fingerprint density at radius 3 is 2.52 bits per heavy atom. The van der Waals surface area contributed by atoms with E-state index in [-0.39, 0.29) is 17.4 Å². The number of nitrogens with one attached hydrogen (secondary N) is 1. The molecule has 1 aliphatic heterocycles. The number of carbonyl (C=O) groups excluding carboxylic acids is 1. The van der Waals surface area contributed by atoms with Crippen molar-refractivity contribution in [1.29, 1.82) is 0 Å². The second-order valence-electron chi connectivity index (χ2n) is 7.17. The number of nitrogens with two attached hydrogens (primary N) is 1. The molecule has 3 N–H and O–H groups in total. The van der Waals surface area contributed by atoms with Crippen LogP contribution in [0, 0.1) is 5.92 Å². The summed E-state index contributed by atoms with van der Waals surface area (Å²) in [7, 11) is 0. The maximum absolute atomic E-state index is 12.8. The van der Waals surface area contributed by atoms with Gasteiger partial charge in [0.05, 0.1) is 0 Å². The number of hydrogen-bond donors (Lipinski definition) is 2. The lowest BCUT2D eigenvalue weighted by atomic mass is 9.90. The molecule has 116 valence electrons. The quantitative estimate of drug-likeness (QED) is 0.648. The summed E-state index contributed by atoms with van der Waals surface area (Å²) in [5.74, 6) is 6.65. The van der Waals surface area contributed by atoms with E-state index in [1.165, 1.54) is 0 Å². The van der Waals surface area contributed by atoms with Crippen LogP contribution in [0.5, 0.6) is 0 Å². The molecule has 2 heterocycles. The summed E-state index contributed by atoms with van der Waals surface area (Å²) in [6.07, 6.45) is 1.06. The molecule has 0 bridgehead atoms. The van der Waals surface area contributed by atoms with Crippen molar-refractivity contribution in [3.05, 3.63) is 23.4 Å². The summed E-state index contributed by atoms with van der Waals surface area (Å²) in [5.41, 5.74) is 3.95. The molecule has 0 saturated carbocycles. The van der Waals surface area contributed by atoms with Crippen LogP contribution in [0.4, 0.5) is 5.82 Å². The Morgan fingerprint density at radius 2 is 2.05 bits per heavy atom. The molecule has 5 nitrogen and oxygen atoms in total. The van der Waals surface area contributed by atoms with Gasteiger partial charge in [-0.3, -0.25) is 4.79 Å². The van der Waals surface area contributed by atoms with Gasteiger partial charge < -0.3 is 10.3 Å². The van der Waals surface area contributed by atoms with Gasteiger partial charge in [0.1, 0.15) is 5.82 Å². The molecule has 1 aliphatic rings. The second-order valence-corrected chi connectivity index (χ2v) is 7.17. The van der Waals surface area contributed by atoms with Gasteiger partial charge in [-0.05, 0) is 31.4 Å². The van der Waals surface area contributed by atoms with E-state index >= 15 is 0 Å². The predicted molar refractivity (Wildman–Crippen MR) is 85.0 cm³/mol. The van der Waals surface area contributed by atoms with Gasteiger partial charge in [0, 0.05) is 29.3 Å². The molecule has 0 aromatic carbocycles. The molecule has 0 radical (unpaired) electrons. The van der Waals surface area contributed by atoms with Gasteiger partial charge in [-0.15, -0.1) is 0 Å². The Balaban J connectivity index is 2.37. The van der Waals surface area contributed by atoms with Crippen LogP contribution in [0.2, 0.25) is 0 Å². The lowest BCUT2D eigenvalue weighted by molar-refractivity contribution is 0.0743. The van der Waals surface area contributed by atoms with Gasteiger partial charge >= 0.3 is 0 Å². The van der Waals surface area contributed by atoms with E-state index in [2.05, 4.69) is 45.0 Å². The number of nitrogen functional groups attached to an aromatic ring is 1. The molecule has 21 heavy (non-hydrogen) atoms. The van der Waals surface area contributed by atoms with Crippen LogP contribution >= 0.6 is 0 Å². The van der Waals surface area contributed by atoms with Crippen molar-refractivity contribution in [3.8, 4) is 0 Å². The second kappa shape index (κ2) is 5.64. The zero-order valence-electron chi connectivity index (χ0n) is 13.6. The smallest absolute Gasteiger partial charge is 0.254 e. The molecule has 1 saturated heterocycles. The van der Waals surface area contributed by atoms with E-state index in [9.17, 15) is 4.79 Å². The summed E-state index contributed by atoms with van der Waals surface area (Å²) in [4.78, 5) is 19.2. The van der Waals surface area contributed by atoms with Crippen molar-refractivity contribution in [1.82, 2.24) is 9.88 Å². The number of aromatic nitrogens is 1. The van der Waals surface area contributed by atoms with Gasteiger partial charge in [-0.1, -0.05) is 27.7 Å². The lowest BCUT2D eigenvalue weighted by Crippen LogP contribution is -2.34. The number of nitrogens with zero attached hydrogens (tertiary/aromatic N) is 2. The fraction of sp³-hybridized carbons (Fsp3) is 0.625. The van der Waals surface area contributed by atoms with Crippen LogP contribution in [-0.2, 0) is 5.41 Å². The van der Waals surface area contributed by atoms with Crippen LogP contribution < -0.4 is 11.3 Å². The zero-order chi connectivity index (χ0) is 15.8.